The first kappa shape index (κ1) is 14.8. The minimum atomic E-state index is -0.782. The predicted octanol–water partition coefficient (Wildman–Crippen LogP) is 0.313. The van der Waals surface area contributed by atoms with Gasteiger partial charge in [0.1, 0.15) is 5.41 Å². The van der Waals surface area contributed by atoms with Crippen molar-refractivity contribution in [3.63, 3.8) is 0 Å². The Morgan fingerprint density at radius 3 is 2.28 bits per heavy atom. The second-order valence-electron chi connectivity index (χ2n) is 5.30. The topological polar surface area (TPSA) is 82.2 Å². The van der Waals surface area contributed by atoms with Crippen molar-refractivity contribution in [2.75, 3.05) is 34.2 Å². The summed E-state index contributed by atoms with van der Waals surface area (Å²) >= 11 is 0. The van der Waals surface area contributed by atoms with Crippen LogP contribution in [-0.2, 0) is 4.79 Å². The van der Waals surface area contributed by atoms with E-state index in [1.165, 1.54) is 0 Å². The Morgan fingerprint density at radius 2 is 1.83 bits per heavy atom. The maximum absolute atomic E-state index is 12.5. The third-order valence-corrected chi connectivity index (χ3v) is 3.69. The highest BCUT2D eigenvalue weighted by Crippen LogP contribution is 2.39. The van der Waals surface area contributed by atoms with E-state index in [0.717, 1.165) is 19.4 Å². The van der Waals surface area contributed by atoms with E-state index in [9.17, 15) is 4.79 Å². The first-order valence-corrected chi connectivity index (χ1v) is 6.32. The second kappa shape index (κ2) is 6.04. The molecule has 1 amide bonds. The lowest BCUT2D eigenvalue weighted by molar-refractivity contribution is -0.137. The Bertz CT molecular complexity index is 322. The monoisotopic (exact) mass is 256 g/mol. The van der Waals surface area contributed by atoms with Crippen molar-refractivity contribution >= 4 is 11.7 Å². The van der Waals surface area contributed by atoms with E-state index >= 15 is 0 Å². The number of likely N-dealkylation sites (N-methyl/N-ethyl adjacent to an activating group) is 2. The van der Waals surface area contributed by atoms with Gasteiger partial charge in [0.25, 0.3) is 0 Å². The van der Waals surface area contributed by atoms with E-state index in [1.807, 2.05) is 19.0 Å². The van der Waals surface area contributed by atoms with Crippen molar-refractivity contribution in [2.24, 2.45) is 16.3 Å². The third kappa shape index (κ3) is 2.93. The van der Waals surface area contributed by atoms with Gasteiger partial charge in [-0.3, -0.25) is 4.79 Å². The minimum Gasteiger partial charge on any atom is -0.409 e. The summed E-state index contributed by atoms with van der Waals surface area (Å²) in [6.45, 7) is 1.45. The molecule has 0 heterocycles. The number of amidine groups is 1. The molecule has 1 fully saturated rings. The van der Waals surface area contributed by atoms with Crippen molar-refractivity contribution in [3.8, 4) is 0 Å². The maximum Gasteiger partial charge on any atom is 0.236 e. The van der Waals surface area contributed by atoms with Crippen molar-refractivity contribution in [1.82, 2.24) is 9.80 Å². The maximum atomic E-state index is 12.5. The van der Waals surface area contributed by atoms with Crippen LogP contribution in [0.2, 0.25) is 0 Å². The van der Waals surface area contributed by atoms with E-state index in [0.29, 0.717) is 19.4 Å². The van der Waals surface area contributed by atoms with Crippen LogP contribution >= 0.6 is 0 Å². The highest BCUT2D eigenvalue weighted by molar-refractivity contribution is 6.06. The molecule has 3 N–H and O–H groups in total. The standard InChI is InChI=1S/C12H24N4O2/c1-15(2)8-9-16(3)11(17)12(10(13)14-18)6-4-5-7-12/h18H,4-9H2,1-3H3,(H2,13,14). The number of nitrogens with zero attached hydrogens (tertiary/aromatic N) is 3. The molecule has 0 unspecified atom stereocenters. The summed E-state index contributed by atoms with van der Waals surface area (Å²) in [5, 5.41) is 12.0. The van der Waals surface area contributed by atoms with E-state index in [2.05, 4.69) is 5.16 Å². The Balaban J connectivity index is 2.78. The molecule has 0 spiro atoms. The van der Waals surface area contributed by atoms with Gasteiger partial charge < -0.3 is 20.7 Å². The fourth-order valence-corrected chi connectivity index (χ4v) is 2.47. The molecule has 1 saturated carbocycles. The van der Waals surface area contributed by atoms with E-state index in [1.54, 1.807) is 11.9 Å². The summed E-state index contributed by atoms with van der Waals surface area (Å²) in [5.74, 6) is 0.0267. The molecule has 0 aliphatic heterocycles. The van der Waals surface area contributed by atoms with Gasteiger partial charge in [-0.2, -0.15) is 0 Å². The SMILES string of the molecule is CN(C)CCN(C)C(=O)C1(C(N)=NO)CCCC1. The van der Waals surface area contributed by atoms with Crippen LogP contribution in [0.25, 0.3) is 0 Å². The van der Waals surface area contributed by atoms with Gasteiger partial charge in [-0.1, -0.05) is 18.0 Å². The molecule has 1 rings (SSSR count). The first-order valence-electron chi connectivity index (χ1n) is 6.32. The number of oxime groups is 1. The van der Waals surface area contributed by atoms with Gasteiger partial charge in [0, 0.05) is 20.1 Å². The molecular weight excluding hydrogens is 232 g/mol. The number of hydrogen-bond donors (Lipinski definition) is 2. The summed E-state index contributed by atoms with van der Waals surface area (Å²) < 4.78 is 0. The molecule has 1 aliphatic rings. The molecule has 104 valence electrons. The molecular formula is C12H24N4O2. The molecule has 0 aromatic rings. The molecule has 0 atom stereocenters. The fourth-order valence-electron chi connectivity index (χ4n) is 2.47. The fraction of sp³-hybridized carbons (Fsp3) is 0.833. The van der Waals surface area contributed by atoms with Gasteiger partial charge >= 0.3 is 0 Å². The third-order valence-electron chi connectivity index (χ3n) is 3.69. The van der Waals surface area contributed by atoms with Gasteiger partial charge in [0.2, 0.25) is 5.91 Å². The van der Waals surface area contributed by atoms with E-state index in [-0.39, 0.29) is 11.7 Å². The van der Waals surface area contributed by atoms with Crippen molar-refractivity contribution in [1.29, 1.82) is 0 Å². The Labute approximate surface area is 108 Å². The van der Waals surface area contributed by atoms with E-state index < -0.39 is 5.41 Å². The average molecular weight is 256 g/mol. The number of hydrogen-bond acceptors (Lipinski definition) is 4. The van der Waals surface area contributed by atoms with E-state index in [4.69, 9.17) is 10.9 Å². The van der Waals surface area contributed by atoms with Crippen LogP contribution < -0.4 is 5.73 Å². The van der Waals surface area contributed by atoms with Gasteiger partial charge in [0.15, 0.2) is 5.84 Å². The highest BCUT2D eigenvalue weighted by Gasteiger charge is 2.46. The number of amides is 1. The van der Waals surface area contributed by atoms with Crippen molar-refractivity contribution in [2.45, 2.75) is 25.7 Å². The van der Waals surface area contributed by atoms with Gasteiger partial charge in [0.05, 0.1) is 0 Å². The number of carbonyl (C=O) groups excluding carboxylic acids is 1. The highest BCUT2D eigenvalue weighted by atomic mass is 16.4. The van der Waals surface area contributed by atoms with Crippen LogP contribution in [0.4, 0.5) is 0 Å². The lowest BCUT2D eigenvalue weighted by atomic mass is 9.83. The van der Waals surface area contributed by atoms with Crippen LogP contribution in [0, 0.1) is 5.41 Å². The average Bonchev–Trinajstić information content (AvgIpc) is 2.84. The largest absolute Gasteiger partial charge is 0.409 e. The summed E-state index contributed by atoms with van der Waals surface area (Å²) in [7, 11) is 5.71. The minimum absolute atomic E-state index is 0.0304. The quantitative estimate of drug-likeness (QED) is 0.321. The van der Waals surface area contributed by atoms with Crippen LogP contribution in [0.15, 0.2) is 5.16 Å². The van der Waals surface area contributed by atoms with Crippen LogP contribution in [0.5, 0.6) is 0 Å². The summed E-state index contributed by atoms with van der Waals surface area (Å²) in [6, 6.07) is 0. The first-order chi connectivity index (χ1) is 8.44. The zero-order valence-electron chi connectivity index (χ0n) is 11.5. The molecule has 18 heavy (non-hydrogen) atoms. The normalized spacial score (nSPS) is 19.2. The Hall–Kier alpha value is -1.30. The number of rotatable bonds is 5. The number of nitrogens with two attached hydrogens (primary N) is 1. The molecule has 6 nitrogen and oxygen atoms in total. The van der Waals surface area contributed by atoms with Crippen LogP contribution in [0.3, 0.4) is 0 Å². The lowest BCUT2D eigenvalue weighted by Gasteiger charge is -2.31. The summed E-state index contributed by atoms with van der Waals surface area (Å²) in [6.07, 6.45) is 3.25. The Morgan fingerprint density at radius 1 is 1.28 bits per heavy atom. The molecule has 0 aromatic carbocycles. The molecule has 0 radical (unpaired) electrons. The van der Waals surface area contributed by atoms with Gasteiger partial charge in [-0.25, -0.2) is 0 Å². The summed E-state index contributed by atoms with van der Waals surface area (Å²) in [4.78, 5) is 16.2. The molecule has 6 heteroatoms. The smallest absolute Gasteiger partial charge is 0.236 e. The molecule has 0 saturated heterocycles. The van der Waals surface area contributed by atoms with Gasteiger partial charge in [-0.05, 0) is 26.9 Å². The van der Waals surface area contributed by atoms with Gasteiger partial charge in [-0.15, -0.1) is 0 Å². The number of carbonyl (C=O) groups is 1. The summed E-state index contributed by atoms with van der Waals surface area (Å²) in [5.41, 5.74) is 4.97. The van der Waals surface area contributed by atoms with Crippen LogP contribution in [-0.4, -0.2) is 61.0 Å². The molecule has 1 aliphatic carbocycles. The second-order valence-corrected chi connectivity index (χ2v) is 5.30. The lowest BCUT2D eigenvalue weighted by Crippen LogP contribution is -2.50. The zero-order chi connectivity index (χ0) is 13.8. The predicted molar refractivity (Wildman–Crippen MR) is 70.5 cm³/mol. The zero-order valence-corrected chi connectivity index (χ0v) is 11.5. The van der Waals surface area contributed by atoms with Crippen LogP contribution in [0.1, 0.15) is 25.7 Å². The van der Waals surface area contributed by atoms with Crippen molar-refractivity contribution < 1.29 is 10.0 Å². The molecule has 0 aromatic heterocycles. The Kier molecular flexibility index (Phi) is 4.95. The molecule has 0 bridgehead atoms. The van der Waals surface area contributed by atoms with Crippen molar-refractivity contribution in [3.05, 3.63) is 0 Å².